The van der Waals surface area contributed by atoms with Crippen LogP contribution in [0.1, 0.15) is 0 Å². The molecule has 18 heavy (non-hydrogen) atoms. The van der Waals surface area contributed by atoms with Gasteiger partial charge >= 0.3 is 10.2 Å². The van der Waals surface area contributed by atoms with Crippen molar-refractivity contribution in [2.45, 2.75) is 0 Å². The van der Waals surface area contributed by atoms with E-state index in [1.807, 2.05) is 0 Å². The molecule has 1 aromatic heterocycles. The summed E-state index contributed by atoms with van der Waals surface area (Å²) in [5, 5.41) is 4.47. The van der Waals surface area contributed by atoms with Crippen molar-refractivity contribution in [2.24, 2.45) is 0 Å². The number of rotatable bonds is 3. The highest BCUT2D eigenvalue weighted by atomic mass is 35.5. The van der Waals surface area contributed by atoms with Gasteiger partial charge in [-0.2, -0.15) is 12.7 Å². The average Bonchev–Trinajstić information content (AvgIpc) is 2.78. The second-order valence-electron chi connectivity index (χ2n) is 3.74. The molecule has 0 bridgehead atoms. The van der Waals surface area contributed by atoms with Gasteiger partial charge < -0.3 is 0 Å². The summed E-state index contributed by atoms with van der Waals surface area (Å²) in [6.07, 6.45) is 1.16. The summed E-state index contributed by atoms with van der Waals surface area (Å²) in [7, 11) is -0.777. The largest absolute Gasteiger partial charge is 0.323 e. The number of hydrogen-bond acceptors (Lipinski definition) is 4. The zero-order chi connectivity index (χ0) is 13.3. The molecule has 0 saturated heterocycles. The SMILES string of the molecule is CN(C)S(=O)(=O)n1cnc(-c2cccc(Cl)c2)n1. The van der Waals surface area contributed by atoms with Gasteiger partial charge in [0.2, 0.25) is 0 Å². The van der Waals surface area contributed by atoms with E-state index in [0.29, 0.717) is 16.4 Å². The maximum atomic E-state index is 11.8. The van der Waals surface area contributed by atoms with E-state index in [9.17, 15) is 8.42 Å². The smallest absolute Gasteiger partial charge is 0.214 e. The number of nitrogens with zero attached hydrogens (tertiary/aromatic N) is 4. The van der Waals surface area contributed by atoms with E-state index in [2.05, 4.69) is 10.1 Å². The van der Waals surface area contributed by atoms with Crippen molar-refractivity contribution in [1.82, 2.24) is 18.5 Å². The second kappa shape index (κ2) is 4.68. The summed E-state index contributed by atoms with van der Waals surface area (Å²) >= 11 is 5.85. The van der Waals surface area contributed by atoms with Crippen LogP contribution in [0.3, 0.4) is 0 Å². The van der Waals surface area contributed by atoms with Gasteiger partial charge in [0.25, 0.3) is 0 Å². The third-order valence-corrected chi connectivity index (χ3v) is 4.06. The van der Waals surface area contributed by atoms with Gasteiger partial charge in [-0.05, 0) is 12.1 Å². The molecule has 6 nitrogen and oxygen atoms in total. The molecule has 96 valence electrons. The Labute approximate surface area is 110 Å². The van der Waals surface area contributed by atoms with Gasteiger partial charge in [-0.3, -0.25) is 0 Å². The molecule has 0 radical (unpaired) electrons. The highest BCUT2D eigenvalue weighted by Gasteiger charge is 2.18. The van der Waals surface area contributed by atoms with Gasteiger partial charge in [-0.25, -0.2) is 4.98 Å². The van der Waals surface area contributed by atoms with Crippen molar-refractivity contribution >= 4 is 21.8 Å². The van der Waals surface area contributed by atoms with Crippen LogP contribution in [0.4, 0.5) is 0 Å². The minimum atomic E-state index is -3.63. The van der Waals surface area contributed by atoms with Crippen molar-refractivity contribution in [1.29, 1.82) is 0 Å². The molecule has 0 aliphatic rings. The minimum absolute atomic E-state index is 0.308. The molecule has 1 heterocycles. The second-order valence-corrected chi connectivity index (χ2v) is 6.18. The molecular weight excluding hydrogens is 276 g/mol. The van der Waals surface area contributed by atoms with Crippen LogP contribution in [0.2, 0.25) is 5.02 Å². The van der Waals surface area contributed by atoms with Crippen molar-refractivity contribution in [2.75, 3.05) is 14.1 Å². The van der Waals surface area contributed by atoms with Gasteiger partial charge in [0.05, 0.1) is 0 Å². The fourth-order valence-corrected chi connectivity index (χ4v) is 2.16. The van der Waals surface area contributed by atoms with Crippen molar-refractivity contribution in [3.8, 4) is 11.4 Å². The molecule has 0 saturated carbocycles. The Morgan fingerprint density at radius 1 is 1.33 bits per heavy atom. The maximum absolute atomic E-state index is 11.8. The lowest BCUT2D eigenvalue weighted by Gasteiger charge is -2.09. The van der Waals surface area contributed by atoms with Crippen LogP contribution in [-0.4, -0.2) is 41.0 Å². The summed E-state index contributed by atoms with van der Waals surface area (Å²) in [5.41, 5.74) is 0.662. The van der Waals surface area contributed by atoms with Gasteiger partial charge in [-0.15, -0.1) is 9.19 Å². The average molecular weight is 287 g/mol. The molecule has 0 spiro atoms. The van der Waals surface area contributed by atoms with Crippen LogP contribution >= 0.6 is 11.6 Å². The van der Waals surface area contributed by atoms with E-state index in [4.69, 9.17) is 11.6 Å². The van der Waals surface area contributed by atoms with E-state index in [-0.39, 0.29) is 0 Å². The Balaban J connectivity index is 2.43. The summed E-state index contributed by atoms with van der Waals surface area (Å²) in [5.74, 6) is 0.308. The standard InChI is InChI=1S/C10H11ClN4O2S/c1-14(2)18(16,17)15-7-12-10(13-15)8-4-3-5-9(11)6-8/h3-7H,1-2H3. The van der Waals surface area contributed by atoms with E-state index < -0.39 is 10.2 Å². The molecule has 0 aliphatic heterocycles. The quantitative estimate of drug-likeness (QED) is 0.852. The third kappa shape index (κ3) is 2.38. The van der Waals surface area contributed by atoms with E-state index >= 15 is 0 Å². The molecular formula is C10H11ClN4O2S. The summed E-state index contributed by atoms with van der Waals surface area (Å²) in [4.78, 5) is 3.96. The number of benzene rings is 1. The van der Waals surface area contributed by atoms with Crippen LogP contribution in [-0.2, 0) is 10.2 Å². The summed E-state index contributed by atoms with van der Waals surface area (Å²) < 4.78 is 25.5. The maximum Gasteiger partial charge on any atom is 0.323 e. The third-order valence-electron chi connectivity index (χ3n) is 2.25. The molecule has 1 aromatic carbocycles. The fraction of sp³-hybridized carbons (Fsp3) is 0.200. The monoisotopic (exact) mass is 286 g/mol. The Hall–Kier alpha value is -1.44. The summed E-state index contributed by atoms with van der Waals surface area (Å²) in [6.45, 7) is 0. The number of aromatic nitrogens is 3. The Kier molecular flexibility index (Phi) is 3.38. The van der Waals surface area contributed by atoms with Crippen molar-refractivity contribution < 1.29 is 8.42 Å². The molecule has 0 unspecified atom stereocenters. The highest BCUT2D eigenvalue weighted by Crippen LogP contribution is 2.19. The van der Waals surface area contributed by atoms with Gasteiger partial charge in [-0.1, -0.05) is 23.7 Å². The molecule has 2 rings (SSSR count). The zero-order valence-corrected chi connectivity index (χ0v) is 11.4. The Bertz CT molecular complexity index is 666. The fourth-order valence-electron chi connectivity index (χ4n) is 1.29. The lowest BCUT2D eigenvalue weighted by atomic mass is 10.2. The van der Waals surface area contributed by atoms with Crippen molar-refractivity contribution in [3.63, 3.8) is 0 Å². The minimum Gasteiger partial charge on any atom is -0.214 e. The van der Waals surface area contributed by atoms with Gasteiger partial charge in [0, 0.05) is 24.7 Å². The number of hydrogen-bond donors (Lipinski definition) is 0. The number of halogens is 1. The lowest BCUT2D eigenvalue weighted by molar-refractivity contribution is 0.504. The predicted octanol–water partition coefficient (Wildman–Crippen LogP) is 1.25. The normalized spacial score (nSPS) is 12.0. The molecule has 0 aliphatic carbocycles. The topological polar surface area (TPSA) is 68.1 Å². The first-order chi connectivity index (χ1) is 8.41. The van der Waals surface area contributed by atoms with Crippen LogP contribution < -0.4 is 0 Å². The first kappa shape index (κ1) is 13.0. The summed E-state index contributed by atoms with van der Waals surface area (Å²) in [6, 6.07) is 6.90. The van der Waals surface area contributed by atoms with E-state index in [1.54, 1.807) is 24.3 Å². The van der Waals surface area contributed by atoms with Gasteiger partial charge in [0.1, 0.15) is 6.33 Å². The molecule has 2 aromatic rings. The zero-order valence-electron chi connectivity index (χ0n) is 9.78. The Morgan fingerprint density at radius 2 is 2.06 bits per heavy atom. The highest BCUT2D eigenvalue weighted by molar-refractivity contribution is 7.87. The molecule has 8 heteroatoms. The van der Waals surface area contributed by atoms with Crippen LogP contribution in [0.25, 0.3) is 11.4 Å². The first-order valence-electron chi connectivity index (χ1n) is 5.02. The Morgan fingerprint density at radius 3 is 2.67 bits per heavy atom. The van der Waals surface area contributed by atoms with Crippen LogP contribution in [0.15, 0.2) is 30.6 Å². The lowest BCUT2D eigenvalue weighted by Crippen LogP contribution is -2.29. The first-order valence-corrected chi connectivity index (χ1v) is 6.79. The van der Waals surface area contributed by atoms with Crippen LogP contribution in [0.5, 0.6) is 0 Å². The van der Waals surface area contributed by atoms with Gasteiger partial charge in [0.15, 0.2) is 5.82 Å². The predicted molar refractivity (Wildman–Crippen MR) is 68.5 cm³/mol. The molecule has 0 amide bonds. The molecule has 0 fully saturated rings. The van der Waals surface area contributed by atoms with Crippen molar-refractivity contribution in [3.05, 3.63) is 35.6 Å². The van der Waals surface area contributed by atoms with Crippen LogP contribution in [0, 0.1) is 0 Å². The van der Waals surface area contributed by atoms with E-state index in [0.717, 1.165) is 14.7 Å². The molecule has 0 N–H and O–H groups in total. The van der Waals surface area contributed by atoms with E-state index in [1.165, 1.54) is 14.1 Å². The molecule has 0 atom stereocenters.